The maximum absolute atomic E-state index is 13.1. The summed E-state index contributed by atoms with van der Waals surface area (Å²) < 4.78 is 45.0. The fraction of sp³-hybridized carbons (Fsp3) is 0.455. The minimum atomic E-state index is -3.72. The van der Waals surface area contributed by atoms with E-state index in [1.54, 1.807) is 13.0 Å². The van der Waals surface area contributed by atoms with Crippen LogP contribution in [0.15, 0.2) is 35.2 Å². The number of sulfonamides is 1. The van der Waals surface area contributed by atoms with E-state index in [2.05, 4.69) is 5.32 Å². The zero-order valence-corrected chi connectivity index (χ0v) is 20.5. The van der Waals surface area contributed by atoms with Crippen LogP contribution in [0.1, 0.15) is 41.9 Å². The van der Waals surface area contributed by atoms with Gasteiger partial charge in [0.05, 0.1) is 23.6 Å². The van der Waals surface area contributed by atoms with Gasteiger partial charge in [0.1, 0.15) is 10.8 Å². The van der Waals surface area contributed by atoms with E-state index in [1.165, 1.54) is 27.8 Å². The molecule has 1 aliphatic heterocycles. The van der Waals surface area contributed by atoms with Crippen LogP contribution < -0.4 is 5.32 Å². The Bertz CT molecular complexity index is 1090. The highest BCUT2D eigenvalue weighted by molar-refractivity contribution is 7.89. The highest BCUT2D eigenvalue weighted by Crippen LogP contribution is 2.33. The minimum Gasteiger partial charge on any atom is -0.462 e. The summed E-state index contributed by atoms with van der Waals surface area (Å²) in [7, 11) is -3.72. The standard InChI is InChI=1S/C22H28FN3O5S2/c1-4-31-22(28)18-13-19(15(2)3)32-21(18)24-20(27)14-25-9-11-26(12-10-25)33(29,30)17-7-5-16(23)6-8-17/h5-8,13,15H,4,9-12,14H2,1-3H3,(H,24,27). The van der Waals surface area contributed by atoms with Crippen molar-refractivity contribution in [2.75, 3.05) is 44.6 Å². The number of carbonyl (C=O) groups is 2. The van der Waals surface area contributed by atoms with Crippen LogP contribution in [0.2, 0.25) is 0 Å². The average Bonchev–Trinajstić information content (AvgIpc) is 3.19. The molecule has 1 N–H and O–H groups in total. The SMILES string of the molecule is CCOC(=O)c1cc(C(C)C)sc1NC(=O)CN1CCN(S(=O)(=O)c2ccc(F)cc2)CC1. The first kappa shape index (κ1) is 25.3. The lowest BCUT2D eigenvalue weighted by molar-refractivity contribution is -0.117. The van der Waals surface area contributed by atoms with Crippen LogP contribution in [0, 0.1) is 5.82 Å². The lowest BCUT2D eigenvalue weighted by Crippen LogP contribution is -2.50. The molecule has 0 spiro atoms. The Morgan fingerprint density at radius 3 is 2.36 bits per heavy atom. The van der Waals surface area contributed by atoms with Crippen LogP contribution in [-0.4, -0.2) is 68.8 Å². The smallest absolute Gasteiger partial charge is 0.341 e. The minimum absolute atomic E-state index is 0.0419. The first-order valence-electron chi connectivity index (χ1n) is 10.7. The summed E-state index contributed by atoms with van der Waals surface area (Å²) in [5, 5.41) is 3.27. The predicted molar refractivity (Wildman–Crippen MR) is 125 cm³/mol. The average molecular weight is 498 g/mol. The fourth-order valence-electron chi connectivity index (χ4n) is 3.40. The van der Waals surface area contributed by atoms with Gasteiger partial charge >= 0.3 is 5.97 Å². The van der Waals surface area contributed by atoms with E-state index >= 15 is 0 Å². The van der Waals surface area contributed by atoms with Crippen molar-refractivity contribution in [2.24, 2.45) is 0 Å². The van der Waals surface area contributed by atoms with Gasteiger partial charge in [-0.05, 0) is 43.2 Å². The number of esters is 1. The third kappa shape index (κ3) is 6.17. The molecule has 1 saturated heterocycles. The van der Waals surface area contributed by atoms with Crippen LogP contribution >= 0.6 is 11.3 Å². The largest absolute Gasteiger partial charge is 0.462 e. The maximum Gasteiger partial charge on any atom is 0.341 e. The van der Waals surface area contributed by atoms with Crippen LogP contribution in [0.5, 0.6) is 0 Å². The number of amides is 1. The maximum atomic E-state index is 13.1. The third-order valence-electron chi connectivity index (χ3n) is 5.22. The van der Waals surface area contributed by atoms with Crippen molar-refractivity contribution in [3.63, 3.8) is 0 Å². The van der Waals surface area contributed by atoms with Crippen molar-refractivity contribution in [2.45, 2.75) is 31.6 Å². The Morgan fingerprint density at radius 1 is 1.15 bits per heavy atom. The Labute approximate surface area is 197 Å². The van der Waals surface area contributed by atoms with Gasteiger partial charge in [0, 0.05) is 31.1 Å². The monoisotopic (exact) mass is 497 g/mol. The second-order valence-electron chi connectivity index (χ2n) is 7.95. The lowest BCUT2D eigenvalue weighted by atomic mass is 10.1. The van der Waals surface area contributed by atoms with E-state index in [4.69, 9.17) is 4.74 Å². The molecule has 1 aromatic heterocycles. The quantitative estimate of drug-likeness (QED) is 0.563. The van der Waals surface area contributed by atoms with Crippen molar-refractivity contribution in [3.05, 3.63) is 46.6 Å². The van der Waals surface area contributed by atoms with E-state index in [9.17, 15) is 22.4 Å². The summed E-state index contributed by atoms with van der Waals surface area (Å²) in [4.78, 5) is 27.8. The van der Waals surface area contributed by atoms with Gasteiger partial charge in [0.15, 0.2) is 0 Å². The molecule has 0 aliphatic carbocycles. The molecule has 0 bridgehead atoms. The second kappa shape index (κ2) is 10.7. The van der Waals surface area contributed by atoms with Crippen LogP contribution in [0.25, 0.3) is 0 Å². The molecule has 0 atom stereocenters. The molecule has 0 saturated carbocycles. The van der Waals surface area contributed by atoms with Gasteiger partial charge in [-0.3, -0.25) is 9.69 Å². The number of rotatable bonds is 8. The van der Waals surface area contributed by atoms with Gasteiger partial charge in [0.2, 0.25) is 15.9 Å². The molecular weight excluding hydrogens is 469 g/mol. The molecular formula is C22H28FN3O5S2. The highest BCUT2D eigenvalue weighted by Gasteiger charge is 2.29. The van der Waals surface area contributed by atoms with Crippen LogP contribution in [0.4, 0.5) is 9.39 Å². The Morgan fingerprint density at radius 2 is 1.79 bits per heavy atom. The van der Waals surface area contributed by atoms with E-state index in [1.807, 2.05) is 18.7 Å². The van der Waals surface area contributed by atoms with Crippen molar-refractivity contribution < 1.29 is 27.1 Å². The number of anilines is 1. The van der Waals surface area contributed by atoms with E-state index < -0.39 is 21.8 Å². The predicted octanol–water partition coefficient (Wildman–Crippen LogP) is 3.13. The number of halogens is 1. The number of carbonyl (C=O) groups excluding carboxylic acids is 2. The van der Waals surface area contributed by atoms with Crippen molar-refractivity contribution in [1.82, 2.24) is 9.21 Å². The molecule has 11 heteroatoms. The molecule has 1 aromatic carbocycles. The van der Waals surface area contributed by atoms with Gasteiger partial charge in [0.25, 0.3) is 0 Å². The number of ether oxygens (including phenoxy) is 1. The molecule has 33 heavy (non-hydrogen) atoms. The second-order valence-corrected chi connectivity index (χ2v) is 11.0. The molecule has 180 valence electrons. The molecule has 0 unspecified atom stereocenters. The molecule has 2 heterocycles. The molecule has 1 fully saturated rings. The summed E-state index contributed by atoms with van der Waals surface area (Å²) in [6.07, 6.45) is 0. The van der Waals surface area contributed by atoms with Gasteiger partial charge in [-0.15, -0.1) is 11.3 Å². The first-order valence-corrected chi connectivity index (χ1v) is 13.0. The zero-order chi connectivity index (χ0) is 24.2. The lowest BCUT2D eigenvalue weighted by Gasteiger charge is -2.33. The zero-order valence-electron chi connectivity index (χ0n) is 18.8. The van der Waals surface area contributed by atoms with Crippen molar-refractivity contribution >= 4 is 38.2 Å². The normalized spacial score (nSPS) is 15.5. The number of nitrogens with zero attached hydrogens (tertiary/aromatic N) is 2. The summed E-state index contributed by atoms with van der Waals surface area (Å²) in [6.45, 7) is 7.24. The molecule has 1 aliphatic rings. The summed E-state index contributed by atoms with van der Waals surface area (Å²) in [5.74, 6) is -1.06. The van der Waals surface area contributed by atoms with E-state index in [0.29, 0.717) is 23.7 Å². The van der Waals surface area contributed by atoms with E-state index in [-0.39, 0.29) is 43.0 Å². The van der Waals surface area contributed by atoms with Gasteiger partial charge in [-0.25, -0.2) is 17.6 Å². The highest BCUT2D eigenvalue weighted by atomic mass is 32.2. The molecule has 0 radical (unpaired) electrons. The Balaban J connectivity index is 1.60. The summed E-state index contributed by atoms with van der Waals surface area (Å²) >= 11 is 1.35. The molecule has 2 aromatic rings. The van der Waals surface area contributed by atoms with E-state index in [0.717, 1.165) is 17.0 Å². The summed E-state index contributed by atoms with van der Waals surface area (Å²) in [6, 6.07) is 6.48. The Hall–Kier alpha value is -2.34. The fourth-order valence-corrected chi connectivity index (χ4v) is 5.89. The van der Waals surface area contributed by atoms with Gasteiger partial charge in [-0.2, -0.15) is 4.31 Å². The number of hydrogen-bond donors (Lipinski definition) is 1. The molecule has 8 nitrogen and oxygen atoms in total. The van der Waals surface area contributed by atoms with Crippen LogP contribution in [0.3, 0.4) is 0 Å². The summed E-state index contributed by atoms with van der Waals surface area (Å²) in [5.41, 5.74) is 0.342. The molecule has 1 amide bonds. The number of benzene rings is 1. The van der Waals surface area contributed by atoms with Gasteiger partial charge in [-0.1, -0.05) is 13.8 Å². The number of nitrogens with one attached hydrogen (secondary N) is 1. The number of hydrogen-bond acceptors (Lipinski definition) is 7. The van der Waals surface area contributed by atoms with Crippen molar-refractivity contribution in [3.8, 4) is 0 Å². The molecule has 3 rings (SSSR count). The van der Waals surface area contributed by atoms with Crippen molar-refractivity contribution in [1.29, 1.82) is 0 Å². The van der Waals surface area contributed by atoms with Gasteiger partial charge < -0.3 is 10.1 Å². The first-order chi connectivity index (χ1) is 15.6. The number of piperazine rings is 1. The topological polar surface area (TPSA) is 96.0 Å². The Kier molecular flexibility index (Phi) is 8.22. The third-order valence-corrected chi connectivity index (χ3v) is 8.48. The number of thiophene rings is 1. The van der Waals surface area contributed by atoms with Crippen LogP contribution in [-0.2, 0) is 19.6 Å².